The smallest absolute Gasteiger partial charge is 0.408 e. The third-order valence-electron chi connectivity index (χ3n) is 4.06. The van der Waals surface area contributed by atoms with Gasteiger partial charge >= 0.3 is 12.1 Å². The van der Waals surface area contributed by atoms with Crippen LogP contribution in [0.3, 0.4) is 0 Å². The molecule has 0 fully saturated rings. The molecule has 0 radical (unpaired) electrons. The fourth-order valence-electron chi connectivity index (χ4n) is 2.95. The van der Waals surface area contributed by atoms with Gasteiger partial charge in [-0.15, -0.1) is 0 Å². The van der Waals surface area contributed by atoms with E-state index in [9.17, 15) is 9.59 Å². The maximum atomic E-state index is 12.8. The Morgan fingerprint density at radius 3 is 2.17 bits per heavy atom. The predicted octanol–water partition coefficient (Wildman–Crippen LogP) is 5.79. The Kier molecular flexibility index (Phi) is 8.16. The zero-order valence-corrected chi connectivity index (χ0v) is 19.4. The lowest BCUT2D eigenvalue weighted by molar-refractivity contribution is -0.147. The van der Waals surface area contributed by atoms with E-state index in [0.29, 0.717) is 10.0 Å². The number of hydrogen-bond acceptors (Lipinski definition) is 4. The number of aryl methyl sites for hydroxylation is 2. The summed E-state index contributed by atoms with van der Waals surface area (Å²) in [6, 6.07) is 10.1. The third-order valence-corrected chi connectivity index (χ3v) is 4.80. The number of amides is 1. The van der Waals surface area contributed by atoms with Gasteiger partial charge in [-0.1, -0.05) is 58.6 Å². The maximum Gasteiger partial charge on any atom is 0.408 e. The van der Waals surface area contributed by atoms with Gasteiger partial charge in [-0.3, -0.25) is 0 Å². The van der Waals surface area contributed by atoms with Crippen LogP contribution >= 0.6 is 23.2 Å². The molecule has 5 nitrogen and oxygen atoms in total. The molecule has 0 aliphatic heterocycles. The lowest BCUT2D eigenvalue weighted by atomic mass is 10.1. The van der Waals surface area contributed by atoms with E-state index >= 15 is 0 Å². The monoisotopic (exact) mass is 451 g/mol. The number of benzene rings is 2. The highest BCUT2D eigenvalue weighted by molar-refractivity contribution is 6.42. The summed E-state index contributed by atoms with van der Waals surface area (Å²) in [6.45, 7) is 9.32. The van der Waals surface area contributed by atoms with Crippen LogP contribution in [0.25, 0.3) is 0 Å². The first kappa shape index (κ1) is 24.0. The van der Waals surface area contributed by atoms with Gasteiger partial charge in [0.25, 0.3) is 0 Å². The Hall–Kier alpha value is -2.24. The van der Waals surface area contributed by atoms with Crippen molar-refractivity contribution in [3.63, 3.8) is 0 Å². The van der Waals surface area contributed by atoms with Crippen molar-refractivity contribution in [1.82, 2.24) is 5.32 Å². The summed E-state index contributed by atoms with van der Waals surface area (Å²) in [6.07, 6.45) is -0.516. The average Bonchev–Trinajstić information content (AvgIpc) is 2.60. The molecule has 0 saturated heterocycles. The van der Waals surface area contributed by atoms with E-state index in [4.69, 9.17) is 32.7 Å². The van der Waals surface area contributed by atoms with E-state index in [1.54, 1.807) is 39.0 Å². The van der Waals surface area contributed by atoms with Crippen molar-refractivity contribution in [2.75, 3.05) is 0 Å². The molecule has 0 aliphatic carbocycles. The number of rotatable bonds is 6. The lowest BCUT2D eigenvalue weighted by Gasteiger charge is -2.23. The Morgan fingerprint density at radius 1 is 0.967 bits per heavy atom. The van der Waals surface area contributed by atoms with Crippen LogP contribution in [0.1, 0.15) is 43.0 Å². The van der Waals surface area contributed by atoms with Gasteiger partial charge in [0.2, 0.25) is 0 Å². The van der Waals surface area contributed by atoms with Gasteiger partial charge in [-0.05, 0) is 57.9 Å². The Bertz CT molecular complexity index is 902. The molecule has 1 unspecified atom stereocenters. The summed E-state index contributed by atoms with van der Waals surface area (Å²) in [4.78, 5) is 25.1. The van der Waals surface area contributed by atoms with E-state index in [-0.39, 0.29) is 13.0 Å². The molecule has 0 bridgehead atoms. The number of hydrogen-bond donors (Lipinski definition) is 1. The second kappa shape index (κ2) is 10.2. The molecule has 0 spiro atoms. The van der Waals surface area contributed by atoms with Crippen molar-refractivity contribution in [3.8, 4) is 0 Å². The normalized spacial score (nSPS) is 12.2. The Balaban J connectivity index is 2.14. The van der Waals surface area contributed by atoms with Crippen LogP contribution in [0.2, 0.25) is 10.0 Å². The van der Waals surface area contributed by atoms with Crippen LogP contribution in [0.5, 0.6) is 0 Å². The van der Waals surface area contributed by atoms with E-state index in [0.717, 1.165) is 22.3 Å². The zero-order valence-electron chi connectivity index (χ0n) is 17.8. The molecule has 162 valence electrons. The molecule has 2 aromatic rings. The van der Waals surface area contributed by atoms with E-state index < -0.39 is 23.7 Å². The molecule has 2 aromatic carbocycles. The van der Waals surface area contributed by atoms with Gasteiger partial charge in [-0.25, -0.2) is 9.59 Å². The number of carbonyl (C=O) groups is 2. The van der Waals surface area contributed by atoms with Crippen LogP contribution in [-0.2, 0) is 27.3 Å². The Morgan fingerprint density at radius 2 is 1.60 bits per heavy atom. The highest BCUT2D eigenvalue weighted by Gasteiger charge is 2.26. The molecule has 1 amide bonds. The summed E-state index contributed by atoms with van der Waals surface area (Å²) >= 11 is 12.0. The van der Waals surface area contributed by atoms with Crippen molar-refractivity contribution in [2.24, 2.45) is 0 Å². The van der Waals surface area contributed by atoms with E-state index in [2.05, 4.69) is 5.32 Å². The average molecular weight is 452 g/mol. The minimum atomic E-state index is -0.942. The summed E-state index contributed by atoms with van der Waals surface area (Å²) < 4.78 is 10.8. The molecule has 2 rings (SSSR count). The highest BCUT2D eigenvalue weighted by atomic mass is 35.5. The SMILES string of the molecule is Cc1cc(C)cc(COC(=O)C(Cc2ccc(Cl)c(Cl)c2)NC(=O)OC(C)(C)C)c1. The molecule has 0 aliphatic rings. The topological polar surface area (TPSA) is 64.6 Å². The number of esters is 1. The van der Waals surface area contributed by atoms with Crippen molar-refractivity contribution in [1.29, 1.82) is 0 Å². The van der Waals surface area contributed by atoms with Gasteiger partial charge in [0, 0.05) is 6.42 Å². The zero-order chi connectivity index (χ0) is 22.5. The van der Waals surface area contributed by atoms with Gasteiger partial charge in [0.05, 0.1) is 10.0 Å². The number of carbonyl (C=O) groups excluding carboxylic acids is 2. The molecule has 0 heterocycles. The molecule has 1 atom stereocenters. The van der Waals surface area contributed by atoms with Gasteiger partial charge in [0.1, 0.15) is 18.2 Å². The molecule has 0 aromatic heterocycles. The van der Waals surface area contributed by atoms with Crippen LogP contribution in [0.15, 0.2) is 36.4 Å². The minimum absolute atomic E-state index is 0.106. The molecule has 1 N–H and O–H groups in total. The Labute approximate surface area is 187 Å². The molecule has 30 heavy (non-hydrogen) atoms. The second-order valence-electron chi connectivity index (χ2n) is 8.26. The summed E-state index contributed by atoms with van der Waals surface area (Å²) in [5, 5.41) is 3.38. The van der Waals surface area contributed by atoms with Crippen molar-refractivity contribution >= 4 is 35.3 Å². The molecule has 7 heteroatoms. The van der Waals surface area contributed by atoms with Crippen molar-refractivity contribution < 1.29 is 19.1 Å². The molecular weight excluding hydrogens is 425 g/mol. The number of halogens is 2. The first-order chi connectivity index (χ1) is 13.9. The highest BCUT2D eigenvalue weighted by Crippen LogP contribution is 2.23. The van der Waals surface area contributed by atoms with Crippen LogP contribution in [0, 0.1) is 13.8 Å². The van der Waals surface area contributed by atoms with Gasteiger partial charge < -0.3 is 14.8 Å². The van der Waals surface area contributed by atoms with E-state index in [1.165, 1.54) is 0 Å². The summed E-state index contributed by atoms with van der Waals surface area (Å²) in [5.41, 5.74) is 3.09. The van der Waals surface area contributed by atoms with Crippen molar-refractivity contribution in [2.45, 2.75) is 59.3 Å². The second-order valence-corrected chi connectivity index (χ2v) is 9.07. The fourth-order valence-corrected chi connectivity index (χ4v) is 3.27. The quantitative estimate of drug-likeness (QED) is 0.564. The summed E-state index contributed by atoms with van der Waals surface area (Å²) in [5.74, 6) is -0.564. The van der Waals surface area contributed by atoms with Crippen molar-refractivity contribution in [3.05, 3.63) is 68.7 Å². The summed E-state index contributed by atoms with van der Waals surface area (Å²) in [7, 11) is 0. The third kappa shape index (κ3) is 7.88. The molecule has 0 saturated carbocycles. The minimum Gasteiger partial charge on any atom is -0.459 e. The van der Waals surface area contributed by atoms with Crippen LogP contribution in [0.4, 0.5) is 4.79 Å². The first-order valence-electron chi connectivity index (χ1n) is 9.60. The maximum absolute atomic E-state index is 12.8. The van der Waals surface area contributed by atoms with Gasteiger partial charge in [-0.2, -0.15) is 0 Å². The lowest BCUT2D eigenvalue weighted by Crippen LogP contribution is -2.45. The first-order valence-corrected chi connectivity index (χ1v) is 10.4. The van der Waals surface area contributed by atoms with E-state index in [1.807, 2.05) is 32.0 Å². The number of nitrogens with one attached hydrogen (secondary N) is 1. The number of alkyl carbamates (subject to hydrolysis) is 1. The standard InChI is InChI=1S/C23H27Cl2NO4/c1-14-8-15(2)10-17(9-14)13-29-21(27)20(26-22(28)30-23(3,4)5)12-16-6-7-18(24)19(25)11-16/h6-11,20H,12-13H2,1-5H3,(H,26,28). The molecular formula is C23H27Cl2NO4. The number of ether oxygens (including phenoxy) is 2. The van der Waals surface area contributed by atoms with Crippen LogP contribution < -0.4 is 5.32 Å². The largest absolute Gasteiger partial charge is 0.459 e. The van der Waals surface area contributed by atoms with Gasteiger partial charge in [0.15, 0.2) is 0 Å². The van der Waals surface area contributed by atoms with Crippen LogP contribution in [-0.4, -0.2) is 23.7 Å². The predicted molar refractivity (Wildman–Crippen MR) is 119 cm³/mol. The fraction of sp³-hybridized carbons (Fsp3) is 0.391.